The molecule has 1 fully saturated rings. The van der Waals surface area contributed by atoms with E-state index >= 15 is 0 Å². The van der Waals surface area contributed by atoms with E-state index in [0.717, 1.165) is 31.0 Å². The topological polar surface area (TPSA) is 20.3 Å². The highest BCUT2D eigenvalue weighted by Gasteiger charge is 2.27. The maximum atomic E-state index is 12.2. The molecule has 1 aromatic rings. The number of nitrogens with zero attached hydrogens (tertiary/aromatic N) is 1. The normalized spacial score (nSPS) is 18.3. The van der Waals surface area contributed by atoms with E-state index in [9.17, 15) is 4.79 Å². The summed E-state index contributed by atoms with van der Waals surface area (Å²) in [5, 5.41) is 0.768. The van der Waals surface area contributed by atoms with Gasteiger partial charge < -0.3 is 4.90 Å². The Morgan fingerprint density at radius 3 is 2.30 bits per heavy atom. The number of rotatable bonds is 3. The van der Waals surface area contributed by atoms with Crippen LogP contribution in [0.5, 0.6) is 0 Å². The Hall–Kier alpha value is -0.955. The lowest BCUT2D eigenvalue weighted by atomic mass is 9.76. The van der Waals surface area contributed by atoms with E-state index in [1.54, 1.807) is 0 Å². The molecule has 1 aliphatic heterocycles. The van der Waals surface area contributed by atoms with Crippen LogP contribution in [0.1, 0.15) is 38.2 Å². The number of halogens is 1. The molecule has 1 aliphatic rings. The molecule has 0 aliphatic carbocycles. The maximum Gasteiger partial charge on any atom is 0.217 e. The van der Waals surface area contributed by atoms with E-state index in [4.69, 9.17) is 19.4 Å². The fourth-order valence-corrected chi connectivity index (χ4v) is 2.79. The Morgan fingerprint density at radius 2 is 1.80 bits per heavy atom. The average Bonchev–Trinajstić information content (AvgIpc) is 2.46. The fraction of sp³-hybridized carbons (Fsp3) is 0.562. The van der Waals surface area contributed by atoms with Gasteiger partial charge in [-0.3, -0.25) is 4.79 Å². The third-order valence-corrected chi connectivity index (χ3v) is 4.40. The van der Waals surface area contributed by atoms with Crippen LogP contribution in [-0.2, 0) is 4.79 Å². The highest BCUT2D eigenvalue weighted by Crippen LogP contribution is 2.30. The molecule has 2 radical (unpaired) electrons. The van der Waals surface area contributed by atoms with E-state index in [1.807, 2.05) is 30.9 Å². The van der Waals surface area contributed by atoms with Gasteiger partial charge in [0.25, 0.3) is 0 Å². The van der Waals surface area contributed by atoms with Gasteiger partial charge in [0.2, 0.25) is 5.91 Å². The first-order valence-corrected chi connectivity index (χ1v) is 7.66. The molecule has 2 rings (SSSR count). The zero-order chi connectivity index (χ0) is 14.7. The predicted molar refractivity (Wildman–Crippen MR) is 84.3 cm³/mol. The van der Waals surface area contributed by atoms with Crippen LogP contribution in [0.2, 0.25) is 10.8 Å². The molecular formula is C16H21BClNO. The highest BCUT2D eigenvalue weighted by molar-refractivity contribution is 6.30. The van der Waals surface area contributed by atoms with Crippen LogP contribution >= 0.6 is 11.6 Å². The summed E-state index contributed by atoms with van der Waals surface area (Å²) in [6, 6.07) is 8.04. The largest absolute Gasteiger partial charge is 0.343 e. The van der Waals surface area contributed by atoms with Crippen molar-refractivity contribution in [1.82, 2.24) is 4.90 Å². The fourth-order valence-electron chi connectivity index (χ4n) is 2.66. The number of amides is 1. The Morgan fingerprint density at radius 1 is 1.25 bits per heavy atom. The SMILES string of the molecule is [B]C(C(=O)N1CCC(c2ccc(Cl)cc2)CC1)C(C)C. The van der Waals surface area contributed by atoms with Crippen LogP contribution in [0.15, 0.2) is 24.3 Å². The van der Waals surface area contributed by atoms with E-state index in [0.29, 0.717) is 5.92 Å². The van der Waals surface area contributed by atoms with Crippen molar-refractivity contribution in [1.29, 1.82) is 0 Å². The number of hydrogen-bond donors (Lipinski definition) is 0. The first-order valence-electron chi connectivity index (χ1n) is 7.29. The number of carbonyl (C=O) groups excluding carboxylic acids is 1. The standard InChI is InChI=1S/C16H21BClNO/c1-11(2)15(17)16(20)19-9-7-13(8-10-19)12-3-5-14(18)6-4-12/h3-6,11,13,15H,7-10H2,1-2H3. The molecule has 1 saturated heterocycles. The quantitative estimate of drug-likeness (QED) is 0.778. The van der Waals surface area contributed by atoms with Crippen molar-refractivity contribution in [2.24, 2.45) is 5.92 Å². The lowest BCUT2D eigenvalue weighted by Crippen LogP contribution is -2.40. The summed E-state index contributed by atoms with van der Waals surface area (Å²) in [6.45, 7) is 5.57. The van der Waals surface area contributed by atoms with Gasteiger partial charge in [-0.2, -0.15) is 0 Å². The van der Waals surface area contributed by atoms with Gasteiger partial charge in [-0.1, -0.05) is 37.6 Å². The first-order chi connectivity index (χ1) is 9.49. The number of hydrogen-bond acceptors (Lipinski definition) is 1. The second-order valence-corrected chi connectivity index (χ2v) is 6.36. The molecular weight excluding hydrogens is 268 g/mol. The number of benzene rings is 1. The minimum atomic E-state index is -0.373. The molecule has 0 bridgehead atoms. The summed E-state index contributed by atoms with van der Waals surface area (Å²) in [7, 11) is 5.95. The minimum absolute atomic E-state index is 0.0922. The van der Waals surface area contributed by atoms with Crippen molar-refractivity contribution in [3.05, 3.63) is 34.9 Å². The van der Waals surface area contributed by atoms with Crippen molar-refractivity contribution >= 4 is 25.4 Å². The van der Waals surface area contributed by atoms with Crippen molar-refractivity contribution in [2.75, 3.05) is 13.1 Å². The van der Waals surface area contributed by atoms with Crippen LogP contribution in [0, 0.1) is 5.92 Å². The van der Waals surface area contributed by atoms with Gasteiger partial charge in [-0.25, -0.2) is 0 Å². The van der Waals surface area contributed by atoms with Gasteiger partial charge in [0.05, 0.1) is 7.85 Å². The van der Waals surface area contributed by atoms with Crippen LogP contribution in [0.25, 0.3) is 0 Å². The molecule has 106 valence electrons. The minimum Gasteiger partial charge on any atom is -0.343 e. The second-order valence-electron chi connectivity index (χ2n) is 5.92. The second kappa shape index (κ2) is 6.67. The van der Waals surface area contributed by atoms with Crippen molar-refractivity contribution in [3.8, 4) is 0 Å². The van der Waals surface area contributed by atoms with Crippen molar-refractivity contribution in [2.45, 2.75) is 38.4 Å². The van der Waals surface area contributed by atoms with E-state index in [-0.39, 0.29) is 17.6 Å². The monoisotopic (exact) mass is 289 g/mol. The van der Waals surface area contributed by atoms with Crippen LogP contribution in [0.3, 0.4) is 0 Å². The number of piperidine rings is 1. The Kier molecular flexibility index (Phi) is 5.14. The molecule has 0 saturated carbocycles. The zero-order valence-electron chi connectivity index (χ0n) is 12.2. The van der Waals surface area contributed by atoms with Crippen LogP contribution in [0.4, 0.5) is 0 Å². The molecule has 2 nitrogen and oxygen atoms in total. The van der Waals surface area contributed by atoms with Crippen molar-refractivity contribution in [3.63, 3.8) is 0 Å². The third kappa shape index (κ3) is 3.57. The van der Waals surface area contributed by atoms with E-state index < -0.39 is 0 Å². The smallest absolute Gasteiger partial charge is 0.217 e. The van der Waals surface area contributed by atoms with Gasteiger partial charge in [0.1, 0.15) is 0 Å². The molecule has 0 spiro atoms. The molecule has 1 unspecified atom stereocenters. The lowest BCUT2D eigenvalue weighted by Gasteiger charge is -2.34. The Labute approximate surface area is 127 Å². The first kappa shape index (κ1) is 15.4. The van der Waals surface area contributed by atoms with Gasteiger partial charge in [-0.05, 0) is 42.4 Å². The number of carbonyl (C=O) groups is 1. The summed E-state index contributed by atoms with van der Waals surface area (Å²) < 4.78 is 0. The zero-order valence-corrected chi connectivity index (χ0v) is 12.9. The molecule has 1 heterocycles. The highest BCUT2D eigenvalue weighted by atomic mass is 35.5. The predicted octanol–water partition coefficient (Wildman–Crippen LogP) is 3.66. The summed E-state index contributed by atoms with van der Waals surface area (Å²) in [5.41, 5.74) is 1.31. The lowest BCUT2D eigenvalue weighted by molar-refractivity contribution is -0.132. The Bertz CT molecular complexity index is 452. The van der Waals surface area contributed by atoms with Gasteiger partial charge in [-0.15, -0.1) is 0 Å². The molecule has 1 amide bonds. The van der Waals surface area contributed by atoms with Gasteiger partial charge in [0, 0.05) is 23.9 Å². The van der Waals surface area contributed by atoms with E-state index in [2.05, 4.69) is 12.1 Å². The molecule has 0 aromatic heterocycles. The average molecular weight is 290 g/mol. The summed E-state index contributed by atoms with van der Waals surface area (Å²) in [5.74, 6) is 0.430. The van der Waals surface area contributed by atoms with E-state index in [1.165, 1.54) is 5.56 Å². The summed E-state index contributed by atoms with van der Waals surface area (Å²) in [6.07, 6.45) is 2.00. The number of likely N-dealkylation sites (tertiary alicyclic amines) is 1. The maximum absolute atomic E-state index is 12.2. The molecule has 20 heavy (non-hydrogen) atoms. The van der Waals surface area contributed by atoms with Crippen molar-refractivity contribution < 1.29 is 4.79 Å². The van der Waals surface area contributed by atoms with Crippen LogP contribution < -0.4 is 0 Å². The summed E-state index contributed by atoms with van der Waals surface area (Å²) in [4.78, 5) is 14.1. The Balaban J connectivity index is 1.92. The van der Waals surface area contributed by atoms with Crippen LogP contribution in [-0.4, -0.2) is 31.7 Å². The summed E-state index contributed by atoms with van der Waals surface area (Å²) >= 11 is 5.91. The third-order valence-electron chi connectivity index (χ3n) is 4.15. The molecule has 1 atom stereocenters. The molecule has 1 aromatic carbocycles. The van der Waals surface area contributed by atoms with Gasteiger partial charge in [0.15, 0.2) is 0 Å². The van der Waals surface area contributed by atoms with Gasteiger partial charge >= 0.3 is 0 Å². The molecule has 0 N–H and O–H groups in total. The molecule has 4 heteroatoms.